The molecule has 1 unspecified atom stereocenters. The lowest BCUT2D eigenvalue weighted by Crippen LogP contribution is -2.47. The number of aryl methyl sites for hydroxylation is 2. The Morgan fingerprint density at radius 1 is 1.29 bits per heavy atom. The summed E-state index contributed by atoms with van der Waals surface area (Å²) in [6.45, 7) is 8.54. The molecule has 184 valence electrons. The van der Waals surface area contributed by atoms with Crippen LogP contribution >= 0.6 is 23.1 Å². The number of ether oxygens (including phenoxy) is 2. The van der Waals surface area contributed by atoms with Crippen LogP contribution in [0.4, 0.5) is 0 Å². The van der Waals surface area contributed by atoms with Crippen molar-refractivity contribution in [2.45, 2.75) is 38.6 Å². The lowest BCUT2D eigenvalue weighted by molar-refractivity contribution is -0.0410. The van der Waals surface area contributed by atoms with Crippen LogP contribution in [0.25, 0.3) is 5.78 Å². The van der Waals surface area contributed by atoms with Crippen molar-refractivity contribution in [1.29, 1.82) is 0 Å². The summed E-state index contributed by atoms with van der Waals surface area (Å²) in [5, 5.41) is 7.15. The van der Waals surface area contributed by atoms with Gasteiger partial charge in [0.1, 0.15) is 12.7 Å². The van der Waals surface area contributed by atoms with Crippen LogP contribution in [0.1, 0.15) is 32.3 Å². The molecule has 0 aliphatic carbocycles. The number of morpholine rings is 1. The van der Waals surface area contributed by atoms with E-state index in [4.69, 9.17) is 9.47 Å². The van der Waals surface area contributed by atoms with E-state index in [0.29, 0.717) is 43.1 Å². The quantitative estimate of drug-likeness (QED) is 0.350. The fourth-order valence-electron chi connectivity index (χ4n) is 4.30. The second-order valence-electron chi connectivity index (χ2n) is 8.55. The molecule has 4 aromatic heterocycles. The van der Waals surface area contributed by atoms with E-state index in [-0.39, 0.29) is 12.0 Å². The topological polar surface area (TPSA) is 86.8 Å². The van der Waals surface area contributed by atoms with Gasteiger partial charge in [-0.1, -0.05) is 17.8 Å². The molecule has 0 bridgehead atoms. The zero-order valence-electron chi connectivity index (χ0n) is 20.2. The van der Waals surface area contributed by atoms with Crippen molar-refractivity contribution in [2.24, 2.45) is 0 Å². The van der Waals surface area contributed by atoms with Gasteiger partial charge in [-0.2, -0.15) is 9.50 Å². The molecule has 0 N–H and O–H groups in total. The molecule has 0 aromatic carbocycles. The summed E-state index contributed by atoms with van der Waals surface area (Å²) in [4.78, 5) is 25.4. The Kier molecular flexibility index (Phi) is 6.81. The van der Waals surface area contributed by atoms with Crippen LogP contribution < -0.4 is 4.74 Å². The van der Waals surface area contributed by atoms with Crippen molar-refractivity contribution in [1.82, 2.24) is 29.0 Å². The van der Waals surface area contributed by atoms with Gasteiger partial charge in [-0.25, -0.2) is 4.98 Å². The molecule has 35 heavy (non-hydrogen) atoms. The van der Waals surface area contributed by atoms with Gasteiger partial charge in [0, 0.05) is 34.6 Å². The summed E-state index contributed by atoms with van der Waals surface area (Å²) in [7, 11) is 0. The highest BCUT2D eigenvalue weighted by Gasteiger charge is 2.28. The van der Waals surface area contributed by atoms with Gasteiger partial charge in [-0.15, -0.1) is 16.4 Å². The summed E-state index contributed by atoms with van der Waals surface area (Å²) in [6.07, 6.45) is 1.68. The van der Waals surface area contributed by atoms with Gasteiger partial charge in [-0.05, 0) is 44.5 Å². The van der Waals surface area contributed by atoms with E-state index < -0.39 is 0 Å². The molecule has 9 nitrogen and oxygen atoms in total. The first-order valence-corrected chi connectivity index (χ1v) is 13.5. The summed E-state index contributed by atoms with van der Waals surface area (Å²) >= 11 is 3.18. The second-order valence-corrected chi connectivity index (χ2v) is 10.4. The van der Waals surface area contributed by atoms with Gasteiger partial charge < -0.3 is 18.9 Å². The van der Waals surface area contributed by atoms with Gasteiger partial charge in [0.15, 0.2) is 0 Å². The van der Waals surface area contributed by atoms with E-state index in [1.165, 1.54) is 16.6 Å². The number of hydrogen-bond acceptors (Lipinski definition) is 8. The van der Waals surface area contributed by atoms with E-state index in [9.17, 15) is 4.79 Å². The summed E-state index contributed by atoms with van der Waals surface area (Å²) in [6, 6.07) is 8.01. The van der Waals surface area contributed by atoms with Gasteiger partial charge >= 0.3 is 0 Å². The SMILES string of the molecule is CSc1nc2nc(C)cc(OCC3CN(C(=O)c4cc(C)n(Cc5cccs5)c4C)CCO3)n2n1. The van der Waals surface area contributed by atoms with Gasteiger partial charge in [0.2, 0.25) is 11.0 Å². The minimum absolute atomic E-state index is 0.0341. The highest BCUT2D eigenvalue weighted by atomic mass is 32.2. The molecular formula is C24H28N6O3S2. The van der Waals surface area contributed by atoms with Gasteiger partial charge in [-0.3, -0.25) is 4.79 Å². The molecule has 1 atom stereocenters. The first-order chi connectivity index (χ1) is 16.9. The predicted octanol–water partition coefficient (Wildman–Crippen LogP) is 3.60. The monoisotopic (exact) mass is 512 g/mol. The normalized spacial score (nSPS) is 16.2. The zero-order valence-corrected chi connectivity index (χ0v) is 21.9. The number of thioether (sulfide) groups is 1. The maximum atomic E-state index is 13.4. The Morgan fingerprint density at radius 3 is 2.91 bits per heavy atom. The molecule has 11 heteroatoms. The number of carbonyl (C=O) groups is 1. The summed E-state index contributed by atoms with van der Waals surface area (Å²) in [5.74, 6) is 1.10. The van der Waals surface area contributed by atoms with Crippen LogP contribution in [0.15, 0.2) is 34.8 Å². The standard InChI is InChI=1S/C24H28N6O3S2/c1-15-10-21(30-23(25-15)26-24(27-30)34-4)33-14-18-12-28(7-8-32-18)22(31)20-11-16(2)29(17(20)3)13-19-6-5-9-35-19/h5-6,9-11,18H,7-8,12-14H2,1-4H3. The van der Waals surface area contributed by atoms with Gasteiger partial charge in [0.05, 0.1) is 25.3 Å². The molecule has 4 aromatic rings. The van der Waals surface area contributed by atoms with Crippen molar-refractivity contribution >= 4 is 34.8 Å². The van der Waals surface area contributed by atoms with Crippen LogP contribution in [-0.2, 0) is 11.3 Å². The molecule has 5 rings (SSSR count). The van der Waals surface area contributed by atoms with Crippen molar-refractivity contribution in [3.63, 3.8) is 0 Å². The van der Waals surface area contributed by atoms with Crippen LogP contribution in [0.5, 0.6) is 5.88 Å². The number of amides is 1. The van der Waals surface area contributed by atoms with E-state index in [1.807, 2.05) is 37.1 Å². The molecule has 1 saturated heterocycles. The fraction of sp³-hybridized carbons (Fsp3) is 0.417. The highest BCUT2D eigenvalue weighted by Crippen LogP contribution is 2.22. The average molecular weight is 513 g/mol. The second kappa shape index (κ2) is 10.00. The van der Waals surface area contributed by atoms with Gasteiger partial charge in [0.25, 0.3) is 11.7 Å². The summed E-state index contributed by atoms with van der Waals surface area (Å²) < 4.78 is 15.8. The highest BCUT2D eigenvalue weighted by molar-refractivity contribution is 7.98. The number of thiophene rings is 1. The largest absolute Gasteiger partial charge is 0.475 e. The first kappa shape index (κ1) is 23.8. The number of carbonyl (C=O) groups excluding carboxylic acids is 1. The average Bonchev–Trinajstić information content (AvgIpc) is 3.58. The van der Waals surface area contributed by atoms with E-state index >= 15 is 0 Å². The lowest BCUT2D eigenvalue weighted by Gasteiger charge is -2.32. The van der Waals surface area contributed by atoms with E-state index in [2.05, 4.69) is 44.1 Å². The van der Waals surface area contributed by atoms with Crippen LogP contribution in [0.2, 0.25) is 0 Å². The fourth-order valence-corrected chi connectivity index (χ4v) is 5.33. The van der Waals surface area contributed by atoms with E-state index in [0.717, 1.165) is 29.2 Å². The Hall–Kier alpha value is -2.89. The molecule has 0 saturated carbocycles. The maximum absolute atomic E-state index is 13.4. The number of aromatic nitrogens is 5. The van der Waals surface area contributed by atoms with Crippen molar-refractivity contribution in [3.05, 3.63) is 57.2 Å². The Bertz CT molecular complexity index is 1350. The predicted molar refractivity (Wildman–Crippen MR) is 136 cm³/mol. The van der Waals surface area contributed by atoms with Crippen LogP contribution in [-0.4, -0.2) is 73.6 Å². The minimum Gasteiger partial charge on any atom is -0.475 e. The number of hydrogen-bond donors (Lipinski definition) is 0. The van der Waals surface area contributed by atoms with Crippen LogP contribution in [0.3, 0.4) is 0 Å². The summed E-state index contributed by atoms with van der Waals surface area (Å²) in [5.41, 5.74) is 3.62. The molecule has 5 heterocycles. The number of fused-ring (bicyclic) bond motifs is 1. The Balaban J connectivity index is 1.27. The molecule has 1 aliphatic heterocycles. The van der Waals surface area contributed by atoms with Crippen molar-refractivity contribution in [2.75, 3.05) is 32.6 Å². The molecule has 1 aliphatic rings. The molecule has 0 spiro atoms. The lowest BCUT2D eigenvalue weighted by atomic mass is 10.2. The Labute approximate surface area is 212 Å². The van der Waals surface area contributed by atoms with Crippen molar-refractivity contribution < 1.29 is 14.3 Å². The molecular weight excluding hydrogens is 484 g/mol. The smallest absolute Gasteiger partial charge is 0.256 e. The minimum atomic E-state index is -0.241. The third kappa shape index (κ3) is 4.93. The van der Waals surface area contributed by atoms with E-state index in [1.54, 1.807) is 15.9 Å². The molecule has 1 fully saturated rings. The molecule has 0 radical (unpaired) electrons. The Morgan fingerprint density at radius 2 is 2.14 bits per heavy atom. The van der Waals surface area contributed by atoms with Crippen LogP contribution in [0, 0.1) is 20.8 Å². The number of rotatable bonds is 7. The zero-order chi connectivity index (χ0) is 24.5. The van der Waals surface area contributed by atoms with Crippen molar-refractivity contribution in [3.8, 4) is 5.88 Å². The third-order valence-electron chi connectivity index (χ3n) is 6.11. The third-order valence-corrected chi connectivity index (χ3v) is 7.51. The first-order valence-electron chi connectivity index (χ1n) is 11.4. The number of nitrogens with zero attached hydrogens (tertiary/aromatic N) is 6. The molecule has 1 amide bonds. The maximum Gasteiger partial charge on any atom is 0.256 e.